The Kier molecular flexibility index (Phi) is 5.62. The van der Waals surface area contributed by atoms with Gasteiger partial charge in [-0.3, -0.25) is 0 Å². The van der Waals surface area contributed by atoms with Gasteiger partial charge < -0.3 is 0 Å². The molecule has 0 nitrogen and oxygen atoms in total. The Morgan fingerprint density at radius 3 is 2.00 bits per heavy atom. The molecule has 0 bridgehead atoms. The van der Waals surface area contributed by atoms with Crippen molar-refractivity contribution in [3.63, 3.8) is 0 Å². The second-order valence-electron chi connectivity index (χ2n) is 3.34. The van der Waals surface area contributed by atoms with Gasteiger partial charge in [0.1, 0.15) is 0 Å². The lowest BCUT2D eigenvalue weighted by Crippen LogP contribution is -1.90. The molecule has 0 amide bonds. The highest BCUT2D eigenvalue weighted by Gasteiger charge is 2.03. The number of allylic oxidation sites excluding steroid dienone is 8. The maximum atomic E-state index is 4.07. The Morgan fingerprint density at radius 2 is 1.64 bits per heavy atom. The fourth-order valence-corrected chi connectivity index (χ4v) is 1.23. The van der Waals surface area contributed by atoms with Crippen LogP contribution in [0.5, 0.6) is 0 Å². The normalized spacial score (nSPS) is 13.4. The van der Waals surface area contributed by atoms with Crippen molar-refractivity contribution < 1.29 is 0 Å². The van der Waals surface area contributed by atoms with E-state index < -0.39 is 0 Å². The van der Waals surface area contributed by atoms with Crippen LogP contribution < -0.4 is 0 Å². The van der Waals surface area contributed by atoms with E-state index in [1.807, 2.05) is 32.9 Å². The zero-order valence-corrected chi connectivity index (χ0v) is 9.72. The van der Waals surface area contributed by atoms with Crippen molar-refractivity contribution in [2.24, 2.45) is 0 Å². The number of hydrogen-bond acceptors (Lipinski definition) is 0. The quantitative estimate of drug-likeness (QED) is 0.566. The fraction of sp³-hybridized carbons (Fsp3) is 0.286. The molecule has 76 valence electrons. The second kappa shape index (κ2) is 6.20. The van der Waals surface area contributed by atoms with Crippen LogP contribution in [0.2, 0.25) is 0 Å². The van der Waals surface area contributed by atoms with Gasteiger partial charge in [0.2, 0.25) is 0 Å². The zero-order chi connectivity index (χ0) is 11.1. The van der Waals surface area contributed by atoms with Gasteiger partial charge in [0, 0.05) is 0 Å². The molecule has 0 rings (SSSR count). The summed E-state index contributed by atoms with van der Waals surface area (Å²) in [6, 6.07) is 0. The Morgan fingerprint density at radius 1 is 1.07 bits per heavy atom. The predicted octanol–water partition coefficient (Wildman–Crippen LogP) is 4.59. The van der Waals surface area contributed by atoms with Gasteiger partial charge in [-0.25, -0.2) is 0 Å². The zero-order valence-electron chi connectivity index (χ0n) is 9.72. The molecule has 0 heterocycles. The first-order valence-electron chi connectivity index (χ1n) is 4.86. The molecule has 0 heteroatoms. The van der Waals surface area contributed by atoms with Gasteiger partial charge in [0.05, 0.1) is 0 Å². The van der Waals surface area contributed by atoms with Gasteiger partial charge in [-0.1, -0.05) is 43.0 Å². The third-order valence-electron chi connectivity index (χ3n) is 2.09. The average Bonchev–Trinajstić information content (AvgIpc) is 2.14. The molecule has 0 spiro atoms. The third kappa shape index (κ3) is 3.61. The van der Waals surface area contributed by atoms with E-state index in [4.69, 9.17) is 0 Å². The largest absolute Gasteiger partial charge is 0.0955 e. The van der Waals surface area contributed by atoms with Crippen molar-refractivity contribution in [2.45, 2.75) is 27.7 Å². The van der Waals surface area contributed by atoms with E-state index >= 15 is 0 Å². The van der Waals surface area contributed by atoms with E-state index in [2.05, 4.69) is 32.2 Å². The van der Waals surface area contributed by atoms with Crippen molar-refractivity contribution in [1.82, 2.24) is 0 Å². The highest BCUT2D eigenvalue weighted by Crippen LogP contribution is 2.22. The minimum absolute atomic E-state index is 1.05. The first-order valence-corrected chi connectivity index (χ1v) is 4.86. The van der Waals surface area contributed by atoms with E-state index in [0.717, 1.165) is 16.7 Å². The molecule has 0 fully saturated rings. The molecular formula is C14H20. The summed E-state index contributed by atoms with van der Waals surface area (Å²) in [6.45, 7) is 16.1. The van der Waals surface area contributed by atoms with Crippen LogP contribution in [-0.4, -0.2) is 0 Å². The second-order valence-corrected chi connectivity index (χ2v) is 3.34. The Bertz CT molecular complexity index is 309. The molecule has 0 aliphatic heterocycles. The van der Waals surface area contributed by atoms with E-state index in [0.29, 0.717) is 0 Å². The molecular weight excluding hydrogens is 168 g/mol. The van der Waals surface area contributed by atoms with Crippen molar-refractivity contribution in [2.75, 3.05) is 0 Å². The minimum Gasteiger partial charge on any atom is -0.0955 e. The summed E-state index contributed by atoms with van der Waals surface area (Å²) in [5.74, 6) is 0. The van der Waals surface area contributed by atoms with Crippen LogP contribution in [0.3, 0.4) is 0 Å². The third-order valence-corrected chi connectivity index (χ3v) is 2.09. The van der Waals surface area contributed by atoms with E-state index in [9.17, 15) is 0 Å². The van der Waals surface area contributed by atoms with Crippen molar-refractivity contribution >= 4 is 0 Å². The first-order chi connectivity index (χ1) is 6.54. The standard InChI is InChI=1S/C14H20/c1-7-9-10-12(5)13(6)14(8-2)11(3)4/h7-10H,3,6H2,1-2,4-5H3/b9-7-,12-10-,14-8-. The molecule has 0 aromatic carbocycles. The molecule has 0 saturated heterocycles. The van der Waals surface area contributed by atoms with Crippen LogP contribution in [0.25, 0.3) is 0 Å². The monoisotopic (exact) mass is 188 g/mol. The van der Waals surface area contributed by atoms with Crippen LogP contribution in [-0.2, 0) is 0 Å². The summed E-state index contributed by atoms with van der Waals surface area (Å²) in [7, 11) is 0. The maximum absolute atomic E-state index is 4.07. The van der Waals surface area contributed by atoms with E-state index in [1.54, 1.807) is 0 Å². The summed E-state index contributed by atoms with van der Waals surface area (Å²) in [5, 5.41) is 0. The maximum Gasteiger partial charge on any atom is -0.0207 e. The Hall–Kier alpha value is -1.30. The lowest BCUT2D eigenvalue weighted by molar-refractivity contribution is 1.31. The van der Waals surface area contributed by atoms with Gasteiger partial charge in [-0.2, -0.15) is 0 Å². The molecule has 0 unspecified atom stereocenters. The number of hydrogen-bond donors (Lipinski definition) is 0. The van der Waals surface area contributed by atoms with E-state index in [-0.39, 0.29) is 0 Å². The molecule has 0 saturated carbocycles. The predicted molar refractivity (Wildman–Crippen MR) is 66.3 cm³/mol. The molecule has 0 aromatic heterocycles. The van der Waals surface area contributed by atoms with Crippen LogP contribution in [0.4, 0.5) is 0 Å². The lowest BCUT2D eigenvalue weighted by Gasteiger charge is -2.10. The van der Waals surface area contributed by atoms with Crippen LogP contribution >= 0.6 is 0 Å². The van der Waals surface area contributed by atoms with Gasteiger partial charge in [-0.05, 0) is 44.4 Å². The molecule has 0 aromatic rings. The molecule has 0 atom stereocenters. The highest BCUT2D eigenvalue weighted by atomic mass is 14.1. The molecule has 0 radical (unpaired) electrons. The minimum atomic E-state index is 1.05. The summed E-state index contributed by atoms with van der Waals surface area (Å²) >= 11 is 0. The Balaban J connectivity index is 4.87. The van der Waals surface area contributed by atoms with Crippen molar-refractivity contribution in [3.05, 3.63) is 59.8 Å². The topological polar surface area (TPSA) is 0 Å². The van der Waals surface area contributed by atoms with Crippen LogP contribution in [0, 0.1) is 0 Å². The Labute approximate surface area is 88.0 Å². The van der Waals surface area contributed by atoms with Gasteiger partial charge in [0.15, 0.2) is 0 Å². The SMILES string of the molecule is C=C(C)/C(=C/C)C(=C)/C(C)=C\C=C/C. The van der Waals surface area contributed by atoms with Gasteiger partial charge >= 0.3 is 0 Å². The smallest absolute Gasteiger partial charge is 0.0207 e. The van der Waals surface area contributed by atoms with Gasteiger partial charge in [-0.15, -0.1) is 0 Å². The molecule has 0 aliphatic carbocycles. The molecule has 0 N–H and O–H groups in total. The summed E-state index contributed by atoms with van der Waals surface area (Å²) in [5.41, 5.74) is 4.44. The summed E-state index contributed by atoms with van der Waals surface area (Å²) in [4.78, 5) is 0. The average molecular weight is 188 g/mol. The highest BCUT2D eigenvalue weighted by molar-refractivity contribution is 5.52. The first kappa shape index (κ1) is 12.7. The molecule has 14 heavy (non-hydrogen) atoms. The summed E-state index contributed by atoms with van der Waals surface area (Å²) in [6.07, 6.45) is 8.14. The summed E-state index contributed by atoms with van der Waals surface area (Å²) < 4.78 is 0. The van der Waals surface area contributed by atoms with Gasteiger partial charge in [0.25, 0.3) is 0 Å². The fourth-order valence-electron chi connectivity index (χ4n) is 1.23. The lowest BCUT2D eigenvalue weighted by atomic mass is 9.95. The van der Waals surface area contributed by atoms with Crippen LogP contribution in [0.15, 0.2) is 59.8 Å². The van der Waals surface area contributed by atoms with E-state index in [1.165, 1.54) is 5.57 Å². The van der Waals surface area contributed by atoms with Crippen molar-refractivity contribution in [3.8, 4) is 0 Å². The molecule has 0 aliphatic rings. The van der Waals surface area contributed by atoms with Crippen molar-refractivity contribution in [1.29, 1.82) is 0 Å². The number of rotatable bonds is 4. The van der Waals surface area contributed by atoms with Crippen LogP contribution in [0.1, 0.15) is 27.7 Å².